The summed E-state index contributed by atoms with van der Waals surface area (Å²) < 4.78 is 0. The number of nitrogens with two attached hydrogens (primary N) is 1. The maximum atomic E-state index is 5.36. The van der Waals surface area contributed by atoms with Crippen molar-refractivity contribution in [1.82, 2.24) is 5.43 Å². The maximum absolute atomic E-state index is 5.36. The fourth-order valence-electron chi connectivity index (χ4n) is 0.197. The standard InChI is InChI=1S/C5H11N3/c1-4(2)5(6)8-7-3/h8H,3,6H2,1-2H3. The number of hydrogen-bond acceptors (Lipinski definition) is 3. The fraction of sp³-hybridized carbons (Fsp3) is 0.400. The molecule has 3 heteroatoms. The highest BCUT2D eigenvalue weighted by Gasteiger charge is 1.84. The Morgan fingerprint density at radius 2 is 2.12 bits per heavy atom. The highest BCUT2D eigenvalue weighted by molar-refractivity contribution is 5.23. The average Bonchev–Trinajstić information content (AvgIpc) is 1.67. The Morgan fingerprint density at radius 1 is 1.62 bits per heavy atom. The van der Waals surface area contributed by atoms with Crippen LogP contribution in [0.2, 0.25) is 0 Å². The van der Waals surface area contributed by atoms with Gasteiger partial charge in [-0.3, -0.25) is 5.43 Å². The molecule has 0 aliphatic carbocycles. The minimum absolute atomic E-state index is 0.569. The second-order valence-corrected chi connectivity index (χ2v) is 1.68. The largest absolute Gasteiger partial charge is 0.384 e. The van der Waals surface area contributed by atoms with Gasteiger partial charge in [0, 0.05) is 6.72 Å². The zero-order chi connectivity index (χ0) is 6.57. The normalized spacial score (nSPS) is 7.75. The van der Waals surface area contributed by atoms with Gasteiger partial charge in [-0.25, -0.2) is 0 Å². The molecule has 8 heavy (non-hydrogen) atoms. The summed E-state index contributed by atoms with van der Waals surface area (Å²) in [4.78, 5) is 0. The molecule has 3 nitrogen and oxygen atoms in total. The first-order valence-electron chi connectivity index (χ1n) is 2.33. The summed E-state index contributed by atoms with van der Waals surface area (Å²) in [5.74, 6) is 0.569. The minimum Gasteiger partial charge on any atom is -0.384 e. The van der Waals surface area contributed by atoms with Crippen LogP contribution in [0.5, 0.6) is 0 Å². The van der Waals surface area contributed by atoms with Gasteiger partial charge in [0.15, 0.2) is 0 Å². The fourth-order valence-corrected chi connectivity index (χ4v) is 0.197. The topological polar surface area (TPSA) is 50.4 Å². The lowest BCUT2D eigenvalue weighted by Gasteiger charge is -1.98. The summed E-state index contributed by atoms with van der Waals surface area (Å²) in [6.45, 7) is 7.00. The molecule has 0 amide bonds. The summed E-state index contributed by atoms with van der Waals surface area (Å²) in [7, 11) is 0. The highest BCUT2D eigenvalue weighted by atomic mass is 15.3. The third-order valence-corrected chi connectivity index (χ3v) is 0.738. The van der Waals surface area contributed by atoms with Gasteiger partial charge in [0.05, 0.1) is 0 Å². The Balaban J connectivity index is 3.79. The maximum Gasteiger partial charge on any atom is 0.115 e. The van der Waals surface area contributed by atoms with Crippen LogP contribution in [0.3, 0.4) is 0 Å². The molecule has 0 aliphatic rings. The number of rotatable bonds is 2. The Labute approximate surface area is 49.3 Å². The predicted octanol–water partition coefficient (Wildman–Crippen LogP) is 0.402. The van der Waals surface area contributed by atoms with Gasteiger partial charge >= 0.3 is 0 Å². The summed E-state index contributed by atoms with van der Waals surface area (Å²) in [6, 6.07) is 0. The second-order valence-electron chi connectivity index (χ2n) is 1.68. The van der Waals surface area contributed by atoms with Crippen molar-refractivity contribution in [1.29, 1.82) is 0 Å². The van der Waals surface area contributed by atoms with E-state index in [1.807, 2.05) is 13.8 Å². The van der Waals surface area contributed by atoms with Crippen molar-refractivity contribution in [3.8, 4) is 0 Å². The van der Waals surface area contributed by atoms with Gasteiger partial charge in [-0.05, 0) is 19.4 Å². The molecule has 0 aromatic rings. The first-order valence-corrected chi connectivity index (χ1v) is 2.33. The Hall–Kier alpha value is -0.990. The number of nitrogens with zero attached hydrogens (tertiary/aromatic N) is 1. The lowest BCUT2D eigenvalue weighted by Crippen LogP contribution is -2.14. The summed E-state index contributed by atoms with van der Waals surface area (Å²) >= 11 is 0. The SMILES string of the molecule is C=NNC(N)=C(C)C. The minimum atomic E-state index is 0.569. The van der Waals surface area contributed by atoms with E-state index < -0.39 is 0 Å². The molecular weight excluding hydrogens is 102 g/mol. The van der Waals surface area contributed by atoms with E-state index in [9.17, 15) is 0 Å². The van der Waals surface area contributed by atoms with Crippen molar-refractivity contribution in [2.75, 3.05) is 0 Å². The van der Waals surface area contributed by atoms with E-state index in [1.165, 1.54) is 0 Å². The molecule has 0 spiro atoms. The predicted molar refractivity (Wildman–Crippen MR) is 35.2 cm³/mol. The lowest BCUT2D eigenvalue weighted by atomic mass is 10.4. The van der Waals surface area contributed by atoms with Crippen LogP contribution in [0.25, 0.3) is 0 Å². The molecule has 0 radical (unpaired) electrons. The van der Waals surface area contributed by atoms with E-state index in [1.54, 1.807) is 0 Å². The van der Waals surface area contributed by atoms with Gasteiger partial charge in [-0.2, -0.15) is 5.10 Å². The van der Waals surface area contributed by atoms with Crippen LogP contribution in [0.1, 0.15) is 13.8 Å². The molecule has 3 N–H and O–H groups in total. The molecule has 0 saturated carbocycles. The molecule has 0 unspecified atom stereocenters. The van der Waals surface area contributed by atoms with Crippen LogP contribution < -0.4 is 11.2 Å². The van der Waals surface area contributed by atoms with Gasteiger partial charge in [-0.15, -0.1) is 0 Å². The monoisotopic (exact) mass is 113 g/mol. The van der Waals surface area contributed by atoms with Gasteiger partial charge in [0.2, 0.25) is 0 Å². The van der Waals surface area contributed by atoms with E-state index in [0.29, 0.717) is 5.82 Å². The van der Waals surface area contributed by atoms with Gasteiger partial charge in [0.25, 0.3) is 0 Å². The van der Waals surface area contributed by atoms with Crippen molar-refractivity contribution in [2.45, 2.75) is 13.8 Å². The molecule has 46 valence electrons. The first-order chi connectivity index (χ1) is 3.68. The molecule has 0 aromatic carbocycles. The first kappa shape index (κ1) is 7.01. The van der Waals surface area contributed by atoms with Crippen LogP contribution in [0.15, 0.2) is 16.5 Å². The molecule has 0 saturated heterocycles. The molecule has 0 aromatic heterocycles. The zero-order valence-corrected chi connectivity index (χ0v) is 5.23. The van der Waals surface area contributed by atoms with Crippen LogP contribution in [-0.4, -0.2) is 6.72 Å². The van der Waals surface area contributed by atoms with E-state index in [2.05, 4.69) is 17.2 Å². The Morgan fingerprint density at radius 3 is 2.25 bits per heavy atom. The molecule has 0 heterocycles. The molecular formula is C5H11N3. The van der Waals surface area contributed by atoms with Crippen molar-refractivity contribution in [3.05, 3.63) is 11.4 Å². The highest BCUT2D eigenvalue weighted by Crippen LogP contribution is 1.89. The van der Waals surface area contributed by atoms with Crippen molar-refractivity contribution < 1.29 is 0 Å². The van der Waals surface area contributed by atoms with Crippen molar-refractivity contribution in [2.24, 2.45) is 10.8 Å². The summed E-state index contributed by atoms with van der Waals surface area (Å²) in [5, 5.41) is 3.37. The molecule has 0 aliphatic heterocycles. The Bertz CT molecular complexity index is 111. The summed E-state index contributed by atoms with van der Waals surface area (Å²) in [5.41, 5.74) is 8.89. The number of hydrogen-bond donors (Lipinski definition) is 2. The number of hydrazone groups is 1. The van der Waals surface area contributed by atoms with Gasteiger partial charge in [-0.1, -0.05) is 0 Å². The van der Waals surface area contributed by atoms with Crippen molar-refractivity contribution in [3.63, 3.8) is 0 Å². The molecule has 0 bridgehead atoms. The van der Waals surface area contributed by atoms with Crippen LogP contribution >= 0.6 is 0 Å². The molecule has 0 fully saturated rings. The van der Waals surface area contributed by atoms with Gasteiger partial charge in [0.1, 0.15) is 5.82 Å². The third-order valence-electron chi connectivity index (χ3n) is 0.738. The van der Waals surface area contributed by atoms with Crippen LogP contribution in [0.4, 0.5) is 0 Å². The van der Waals surface area contributed by atoms with E-state index in [-0.39, 0.29) is 0 Å². The lowest BCUT2D eigenvalue weighted by molar-refractivity contribution is 0.858. The number of allylic oxidation sites excluding steroid dienone is 1. The quantitative estimate of drug-likeness (QED) is 0.402. The van der Waals surface area contributed by atoms with Gasteiger partial charge < -0.3 is 5.73 Å². The smallest absolute Gasteiger partial charge is 0.115 e. The van der Waals surface area contributed by atoms with Crippen molar-refractivity contribution >= 4 is 6.72 Å². The van der Waals surface area contributed by atoms with E-state index in [4.69, 9.17) is 5.73 Å². The molecule has 0 rings (SSSR count). The van der Waals surface area contributed by atoms with Crippen LogP contribution in [-0.2, 0) is 0 Å². The number of nitrogens with one attached hydrogen (secondary N) is 1. The Kier molecular flexibility index (Phi) is 2.69. The van der Waals surface area contributed by atoms with E-state index >= 15 is 0 Å². The average molecular weight is 113 g/mol. The summed E-state index contributed by atoms with van der Waals surface area (Å²) in [6.07, 6.45) is 0. The zero-order valence-electron chi connectivity index (χ0n) is 5.23. The molecule has 0 atom stereocenters. The second kappa shape index (κ2) is 3.07. The van der Waals surface area contributed by atoms with E-state index in [0.717, 1.165) is 5.57 Å². The third kappa shape index (κ3) is 2.23. The van der Waals surface area contributed by atoms with Crippen LogP contribution in [0, 0.1) is 0 Å².